The third kappa shape index (κ3) is 4.86. The summed E-state index contributed by atoms with van der Waals surface area (Å²) in [6.45, 7) is 3.96. The number of amides is 1. The van der Waals surface area contributed by atoms with E-state index < -0.39 is 6.10 Å². The standard InChI is InChI=1S/C23H29ClN2O2/c1-4-14-25(2)16-20(17-8-6-5-7-9-17)26(3)23(27)22-12-10-18-15-19(24)11-13-21(18)28-22/h5-9,11,13,15,20,22H,4,10,12,14,16H2,1-3H3/t20?,22-/m0/s1. The first-order valence-electron chi connectivity index (χ1n) is 9.94. The number of fused-ring (bicyclic) bond motifs is 1. The maximum atomic E-state index is 13.3. The van der Waals surface area contributed by atoms with Crippen LogP contribution in [0.3, 0.4) is 0 Å². The molecule has 4 nitrogen and oxygen atoms in total. The lowest BCUT2D eigenvalue weighted by atomic mass is 10.00. The summed E-state index contributed by atoms with van der Waals surface area (Å²) < 4.78 is 6.04. The summed E-state index contributed by atoms with van der Waals surface area (Å²) >= 11 is 6.07. The van der Waals surface area contributed by atoms with E-state index in [1.807, 2.05) is 48.3 Å². The van der Waals surface area contributed by atoms with Gasteiger partial charge in [-0.2, -0.15) is 0 Å². The summed E-state index contributed by atoms with van der Waals surface area (Å²) in [5.41, 5.74) is 2.21. The highest BCUT2D eigenvalue weighted by atomic mass is 35.5. The van der Waals surface area contributed by atoms with Crippen molar-refractivity contribution < 1.29 is 9.53 Å². The first kappa shape index (κ1) is 20.7. The smallest absolute Gasteiger partial charge is 0.263 e. The molecule has 0 fully saturated rings. The number of aryl methyl sites for hydroxylation is 1. The molecule has 1 aliphatic heterocycles. The second kappa shape index (κ2) is 9.44. The molecule has 28 heavy (non-hydrogen) atoms. The number of hydrogen-bond donors (Lipinski definition) is 0. The van der Waals surface area contributed by atoms with E-state index in [9.17, 15) is 4.79 Å². The van der Waals surface area contributed by atoms with Crippen molar-refractivity contribution in [2.45, 2.75) is 38.3 Å². The first-order valence-corrected chi connectivity index (χ1v) is 10.3. The van der Waals surface area contributed by atoms with Gasteiger partial charge in [0.15, 0.2) is 6.10 Å². The first-order chi connectivity index (χ1) is 13.5. The molecule has 0 saturated carbocycles. The number of nitrogens with zero attached hydrogens (tertiary/aromatic N) is 2. The van der Waals surface area contributed by atoms with Crippen LogP contribution in [0.25, 0.3) is 0 Å². The summed E-state index contributed by atoms with van der Waals surface area (Å²) in [5.74, 6) is 0.793. The van der Waals surface area contributed by atoms with Gasteiger partial charge in [-0.15, -0.1) is 0 Å². The lowest BCUT2D eigenvalue weighted by molar-refractivity contribution is -0.140. The van der Waals surface area contributed by atoms with Gasteiger partial charge in [-0.1, -0.05) is 48.9 Å². The van der Waals surface area contributed by atoms with Gasteiger partial charge in [0.1, 0.15) is 5.75 Å². The van der Waals surface area contributed by atoms with Crippen molar-refractivity contribution in [3.05, 3.63) is 64.7 Å². The van der Waals surface area contributed by atoms with Crippen LogP contribution in [0.4, 0.5) is 0 Å². The van der Waals surface area contributed by atoms with Gasteiger partial charge in [-0.05, 0) is 62.2 Å². The number of carbonyl (C=O) groups excluding carboxylic acids is 1. The Hall–Kier alpha value is -2.04. The van der Waals surface area contributed by atoms with Gasteiger partial charge in [0.25, 0.3) is 5.91 Å². The van der Waals surface area contributed by atoms with Gasteiger partial charge in [0.2, 0.25) is 0 Å². The molecule has 0 aromatic heterocycles. The monoisotopic (exact) mass is 400 g/mol. The Labute approximate surface area is 173 Å². The average molecular weight is 401 g/mol. The molecule has 3 rings (SSSR count). The van der Waals surface area contributed by atoms with Crippen LogP contribution >= 0.6 is 11.6 Å². The zero-order valence-electron chi connectivity index (χ0n) is 16.9. The van der Waals surface area contributed by atoms with Crippen molar-refractivity contribution in [3.8, 4) is 5.75 Å². The molecule has 1 amide bonds. The van der Waals surface area contributed by atoms with E-state index >= 15 is 0 Å². The predicted molar refractivity (Wildman–Crippen MR) is 114 cm³/mol. The third-order valence-electron chi connectivity index (χ3n) is 5.33. The fourth-order valence-corrected chi connectivity index (χ4v) is 4.00. The largest absolute Gasteiger partial charge is 0.480 e. The van der Waals surface area contributed by atoms with E-state index in [2.05, 4.69) is 31.0 Å². The molecule has 0 saturated heterocycles. The van der Waals surface area contributed by atoms with Gasteiger partial charge in [0.05, 0.1) is 6.04 Å². The second-order valence-corrected chi connectivity index (χ2v) is 7.97. The zero-order chi connectivity index (χ0) is 20.1. The van der Waals surface area contributed by atoms with Crippen molar-refractivity contribution in [2.24, 2.45) is 0 Å². The highest BCUT2D eigenvalue weighted by molar-refractivity contribution is 6.30. The third-order valence-corrected chi connectivity index (χ3v) is 5.57. The number of carbonyl (C=O) groups is 1. The van der Waals surface area contributed by atoms with Gasteiger partial charge in [0, 0.05) is 18.6 Å². The number of hydrogen-bond acceptors (Lipinski definition) is 3. The highest BCUT2D eigenvalue weighted by Gasteiger charge is 2.32. The summed E-state index contributed by atoms with van der Waals surface area (Å²) in [4.78, 5) is 17.4. The number of likely N-dealkylation sites (N-methyl/N-ethyl adjacent to an activating group) is 2. The zero-order valence-corrected chi connectivity index (χ0v) is 17.7. The van der Waals surface area contributed by atoms with E-state index in [-0.39, 0.29) is 11.9 Å². The number of rotatable bonds is 7. The van der Waals surface area contributed by atoms with Crippen molar-refractivity contribution in [1.82, 2.24) is 9.80 Å². The Morgan fingerprint density at radius 1 is 1.21 bits per heavy atom. The molecule has 0 bridgehead atoms. The van der Waals surface area contributed by atoms with Crippen molar-refractivity contribution in [3.63, 3.8) is 0 Å². The van der Waals surface area contributed by atoms with Crippen LogP contribution in [0.2, 0.25) is 5.02 Å². The molecule has 2 atom stereocenters. The second-order valence-electron chi connectivity index (χ2n) is 7.54. The SMILES string of the molecule is CCCN(C)CC(c1ccccc1)N(C)C(=O)[C@@H]1CCc2cc(Cl)ccc2O1. The van der Waals surface area contributed by atoms with Crippen LogP contribution < -0.4 is 4.74 Å². The normalized spacial score (nSPS) is 17.0. The molecule has 1 heterocycles. The van der Waals surface area contributed by atoms with Gasteiger partial charge in [-0.25, -0.2) is 0 Å². The Morgan fingerprint density at radius 3 is 2.68 bits per heavy atom. The van der Waals surface area contributed by atoms with Gasteiger partial charge < -0.3 is 14.5 Å². The van der Waals surface area contributed by atoms with Crippen LogP contribution in [-0.2, 0) is 11.2 Å². The lowest BCUT2D eigenvalue weighted by Crippen LogP contribution is -2.45. The highest BCUT2D eigenvalue weighted by Crippen LogP contribution is 2.31. The van der Waals surface area contributed by atoms with Gasteiger partial charge >= 0.3 is 0 Å². The molecule has 0 radical (unpaired) electrons. The number of halogens is 1. The quantitative estimate of drug-likeness (QED) is 0.682. The maximum Gasteiger partial charge on any atom is 0.263 e. The fourth-order valence-electron chi connectivity index (χ4n) is 3.81. The molecular weight excluding hydrogens is 372 g/mol. The fraction of sp³-hybridized carbons (Fsp3) is 0.435. The van der Waals surface area contributed by atoms with E-state index in [0.717, 1.165) is 42.8 Å². The minimum atomic E-state index is -0.457. The molecule has 2 aromatic carbocycles. The summed E-state index contributed by atoms with van der Waals surface area (Å²) in [6.07, 6.45) is 2.09. The Morgan fingerprint density at radius 2 is 1.96 bits per heavy atom. The van der Waals surface area contributed by atoms with Crippen molar-refractivity contribution in [2.75, 3.05) is 27.2 Å². The predicted octanol–water partition coefficient (Wildman–Crippen LogP) is 4.58. The van der Waals surface area contributed by atoms with Crippen LogP contribution in [0, 0.1) is 0 Å². The minimum absolute atomic E-state index is 0.0135. The molecule has 1 unspecified atom stereocenters. The topological polar surface area (TPSA) is 32.8 Å². The van der Waals surface area contributed by atoms with Gasteiger partial charge in [-0.3, -0.25) is 4.79 Å². The van der Waals surface area contributed by atoms with E-state index in [1.165, 1.54) is 0 Å². The molecule has 2 aromatic rings. The van der Waals surface area contributed by atoms with Crippen LogP contribution in [0.5, 0.6) is 5.75 Å². The van der Waals surface area contributed by atoms with E-state index in [4.69, 9.17) is 16.3 Å². The van der Waals surface area contributed by atoms with Crippen molar-refractivity contribution in [1.29, 1.82) is 0 Å². The molecule has 0 N–H and O–H groups in total. The summed E-state index contributed by atoms with van der Waals surface area (Å²) in [5, 5.41) is 0.701. The van der Waals surface area contributed by atoms with Crippen LogP contribution in [0.1, 0.15) is 36.9 Å². The Balaban J connectivity index is 1.77. The van der Waals surface area contributed by atoms with E-state index in [1.54, 1.807) is 0 Å². The molecular formula is C23H29ClN2O2. The molecule has 150 valence electrons. The van der Waals surface area contributed by atoms with E-state index in [0.29, 0.717) is 11.4 Å². The number of benzene rings is 2. The van der Waals surface area contributed by atoms with Crippen LogP contribution in [0.15, 0.2) is 48.5 Å². The van der Waals surface area contributed by atoms with Crippen LogP contribution in [-0.4, -0.2) is 49.0 Å². The lowest BCUT2D eigenvalue weighted by Gasteiger charge is -2.35. The summed E-state index contributed by atoms with van der Waals surface area (Å²) in [6, 6.07) is 15.8. The maximum absolute atomic E-state index is 13.3. The molecule has 1 aliphatic rings. The molecule has 0 aliphatic carbocycles. The Kier molecular flexibility index (Phi) is 6.97. The Bertz CT molecular complexity index is 796. The summed E-state index contributed by atoms with van der Waals surface area (Å²) in [7, 11) is 4.00. The van der Waals surface area contributed by atoms with Crippen molar-refractivity contribution >= 4 is 17.5 Å². The molecule has 0 spiro atoms. The molecule has 5 heteroatoms. The number of ether oxygens (including phenoxy) is 1. The average Bonchev–Trinajstić information content (AvgIpc) is 2.71. The minimum Gasteiger partial charge on any atom is -0.480 e.